The minimum atomic E-state index is -1.32. The first-order chi connectivity index (χ1) is 11.1. The van der Waals surface area contributed by atoms with E-state index in [-0.39, 0.29) is 12.5 Å². The van der Waals surface area contributed by atoms with Crippen LogP contribution in [0.25, 0.3) is 0 Å². The molecule has 0 saturated heterocycles. The van der Waals surface area contributed by atoms with Crippen LogP contribution in [0.3, 0.4) is 0 Å². The Labute approximate surface area is 145 Å². The Balaban J connectivity index is 1.84. The smallest absolute Gasteiger partial charge is 0.252 e. The number of hydrogen-bond donors (Lipinski definition) is 2. The Morgan fingerprint density at radius 1 is 1.26 bits per heavy atom. The lowest BCUT2D eigenvalue weighted by atomic mass is 9.94. The van der Waals surface area contributed by atoms with Crippen molar-refractivity contribution >= 4 is 33.2 Å². The minimum Gasteiger partial charge on any atom is -0.472 e. The minimum absolute atomic E-state index is 0.0488. The maximum Gasteiger partial charge on any atom is 0.252 e. The second-order valence-electron chi connectivity index (χ2n) is 5.01. The summed E-state index contributed by atoms with van der Waals surface area (Å²) in [6.45, 7) is 0.0488. The third kappa shape index (κ3) is 3.24. The summed E-state index contributed by atoms with van der Waals surface area (Å²) in [6, 6.07) is 12.6. The van der Waals surface area contributed by atoms with E-state index in [9.17, 15) is 9.90 Å². The van der Waals surface area contributed by atoms with Gasteiger partial charge in [-0.3, -0.25) is 4.79 Å². The highest BCUT2D eigenvalue weighted by molar-refractivity contribution is 9.10. The van der Waals surface area contributed by atoms with E-state index in [4.69, 9.17) is 4.42 Å². The quantitative estimate of drug-likeness (QED) is 0.695. The molecule has 1 amide bonds. The van der Waals surface area contributed by atoms with E-state index in [2.05, 4.69) is 21.2 Å². The number of thiophene rings is 1. The van der Waals surface area contributed by atoms with Crippen LogP contribution in [0.15, 0.2) is 69.3 Å². The van der Waals surface area contributed by atoms with Gasteiger partial charge in [-0.1, -0.05) is 18.2 Å². The van der Waals surface area contributed by atoms with Crippen LogP contribution in [-0.2, 0) is 5.60 Å². The molecule has 3 rings (SSSR count). The Kier molecular flexibility index (Phi) is 4.66. The van der Waals surface area contributed by atoms with Crippen molar-refractivity contribution in [3.63, 3.8) is 0 Å². The molecule has 1 atom stereocenters. The van der Waals surface area contributed by atoms with Gasteiger partial charge in [0.25, 0.3) is 5.91 Å². The summed E-state index contributed by atoms with van der Waals surface area (Å²) >= 11 is 4.79. The number of benzene rings is 1. The number of hydrogen-bond acceptors (Lipinski definition) is 4. The topological polar surface area (TPSA) is 62.5 Å². The van der Waals surface area contributed by atoms with Crippen molar-refractivity contribution in [2.75, 3.05) is 6.54 Å². The van der Waals surface area contributed by atoms with Crippen LogP contribution in [-0.4, -0.2) is 17.6 Å². The Morgan fingerprint density at radius 3 is 2.74 bits per heavy atom. The molecule has 3 aromatic rings. The fourth-order valence-electron chi connectivity index (χ4n) is 2.29. The molecular formula is C17H14BrNO3S. The van der Waals surface area contributed by atoms with Gasteiger partial charge in [-0.25, -0.2) is 0 Å². The molecule has 2 N–H and O–H groups in total. The average molecular weight is 392 g/mol. The lowest BCUT2D eigenvalue weighted by molar-refractivity contribution is 0.0714. The van der Waals surface area contributed by atoms with Gasteiger partial charge in [-0.2, -0.15) is 0 Å². The van der Waals surface area contributed by atoms with Gasteiger partial charge in [0, 0.05) is 14.9 Å². The number of amides is 1. The molecule has 118 valence electrons. The van der Waals surface area contributed by atoms with E-state index < -0.39 is 5.60 Å². The number of rotatable bonds is 5. The monoisotopic (exact) mass is 391 g/mol. The summed E-state index contributed by atoms with van der Waals surface area (Å²) < 4.78 is 5.80. The summed E-state index contributed by atoms with van der Waals surface area (Å²) in [5, 5.41) is 15.8. The highest BCUT2D eigenvalue weighted by Gasteiger charge is 2.34. The first-order valence-corrected chi connectivity index (χ1v) is 8.60. The molecule has 0 aliphatic carbocycles. The molecule has 0 saturated carbocycles. The summed E-state index contributed by atoms with van der Waals surface area (Å²) in [7, 11) is 0. The van der Waals surface area contributed by atoms with E-state index in [0.717, 1.165) is 4.88 Å². The standard InChI is InChI=1S/C17H14BrNO3S/c18-14-5-2-1-4-13(14)16(20)19-11-17(21,12-7-8-22-10-12)15-6-3-9-23-15/h1-10,21H,11H2,(H,19,20)/t17-/m0/s1. The van der Waals surface area contributed by atoms with Gasteiger partial charge in [0.05, 0.1) is 24.6 Å². The molecule has 0 aliphatic heterocycles. The molecule has 4 nitrogen and oxygen atoms in total. The predicted octanol–water partition coefficient (Wildman–Crippen LogP) is 3.77. The van der Waals surface area contributed by atoms with Crippen molar-refractivity contribution in [1.29, 1.82) is 0 Å². The maximum absolute atomic E-state index is 12.4. The number of carbonyl (C=O) groups excluding carboxylic acids is 1. The van der Waals surface area contributed by atoms with Crippen LogP contribution in [0.4, 0.5) is 0 Å². The van der Waals surface area contributed by atoms with Gasteiger partial charge in [-0.15, -0.1) is 11.3 Å². The summed E-state index contributed by atoms with van der Waals surface area (Å²) in [5.74, 6) is -0.254. The number of furan rings is 1. The van der Waals surface area contributed by atoms with Crippen molar-refractivity contribution in [3.05, 3.63) is 80.8 Å². The molecule has 2 aromatic heterocycles. The second-order valence-corrected chi connectivity index (χ2v) is 6.81. The van der Waals surface area contributed by atoms with E-state index in [0.29, 0.717) is 15.6 Å². The van der Waals surface area contributed by atoms with Crippen LogP contribution in [0.5, 0.6) is 0 Å². The lowest BCUT2D eigenvalue weighted by Gasteiger charge is -2.26. The fraction of sp³-hybridized carbons (Fsp3) is 0.118. The van der Waals surface area contributed by atoms with Gasteiger partial charge in [-0.05, 0) is 45.6 Å². The normalized spacial score (nSPS) is 13.5. The molecule has 0 bridgehead atoms. The molecule has 0 radical (unpaired) electrons. The molecule has 23 heavy (non-hydrogen) atoms. The molecule has 0 fully saturated rings. The predicted molar refractivity (Wildman–Crippen MR) is 92.5 cm³/mol. The molecule has 6 heteroatoms. The van der Waals surface area contributed by atoms with E-state index in [1.807, 2.05) is 23.6 Å². The summed E-state index contributed by atoms with van der Waals surface area (Å²) in [5.41, 5.74) is -0.196. The van der Waals surface area contributed by atoms with E-state index in [1.54, 1.807) is 24.3 Å². The third-order valence-electron chi connectivity index (χ3n) is 3.55. The average Bonchev–Trinajstić information content (AvgIpc) is 3.25. The first-order valence-electron chi connectivity index (χ1n) is 6.93. The van der Waals surface area contributed by atoms with Gasteiger partial charge in [0.15, 0.2) is 0 Å². The maximum atomic E-state index is 12.4. The zero-order chi connectivity index (χ0) is 16.3. The van der Waals surface area contributed by atoms with Crippen molar-refractivity contribution in [3.8, 4) is 0 Å². The van der Waals surface area contributed by atoms with Crippen molar-refractivity contribution < 1.29 is 14.3 Å². The molecular weight excluding hydrogens is 378 g/mol. The molecule has 2 heterocycles. The van der Waals surface area contributed by atoms with Crippen molar-refractivity contribution in [2.45, 2.75) is 5.60 Å². The lowest BCUT2D eigenvalue weighted by Crippen LogP contribution is -2.41. The zero-order valence-electron chi connectivity index (χ0n) is 12.0. The van der Waals surface area contributed by atoms with Gasteiger partial charge in [0.2, 0.25) is 0 Å². The van der Waals surface area contributed by atoms with E-state index >= 15 is 0 Å². The molecule has 1 aromatic carbocycles. The zero-order valence-corrected chi connectivity index (χ0v) is 14.4. The number of aliphatic hydroxyl groups is 1. The Bertz CT molecular complexity index is 750. The number of nitrogens with one attached hydrogen (secondary N) is 1. The second kappa shape index (κ2) is 6.70. The highest BCUT2D eigenvalue weighted by Crippen LogP contribution is 2.32. The summed E-state index contributed by atoms with van der Waals surface area (Å²) in [4.78, 5) is 13.1. The first kappa shape index (κ1) is 16.0. The van der Waals surface area contributed by atoms with Crippen molar-refractivity contribution in [2.24, 2.45) is 0 Å². The number of carbonyl (C=O) groups is 1. The van der Waals surface area contributed by atoms with Gasteiger partial charge < -0.3 is 14.8 Å². The van der Waals surface area contributed by atoms with Gasteiger partial charge in [0.1, 0.15) is 5.60 Å². The molecule has 0 unspecified atom stereocenters. The largest absolute Gasteiger partial charge is 0.472 e. The van der Waals surface area contributed by atoms with Gasteiger partial charge >= 0.3 is 0 Å². The molecule has 0 aliphatic rings. The molecule has 0 spiro atoms. The van der Waals surface area contributed by atoms with E-state index in [1.165, 1.54) is 23.9 Å². The van der Waals surface area contributed by atoms with Crippen LogP contribution in [0, 0.1) is 0 Å². The highest BCUT2D eigenvalue weighted by atomic mass is 79.9. The SMILES string of the molecule is O=C(NC[C@](O)(c1ccoc1)c1cccs1)c1ccccc1Br. The summed E-state index contributed by atoms with van der Waals surface area (Å²) in [6.07, 6.45) is 2.99. The van der Waals surface area contributed by atoms with Crippen LogP contribution in [0.2, 0.25) is 0 Å². The Hall–Kier alpha value is -1.89. The van der Waals surface area contributed by atoms with Crippen LogP contribution >= 0.6 is 27.3 Å². The number of halogens is 1. The third-order valence-corrected chi connectivity index (χ3v) is 5.26. The van der Waals surface area contributed by atoms with Crippen molar-refractivity contribution in [1.82, 2.24) is 5.32 Å². The van der Waals surface area contributed by atoms with Crippen LogP contribution < -0.4 is 5.32 Å². The van der Waals surface area contributed by atoms with Crippen LogP contribution in [0.1, 0.15) is 20.8 Å². The fourth-order valence-corrected chi connectivity index (χ4v) is 3.60. The Morgan fingerprint density at radius 2 is 2.09 bits per heavy atom.